The van der Waals surface area contributed by atoms with Crippen molar-refractivity contribution >= 4 is 0 Å². The number of aliphatic hydroxyl groups excluding tert-OH is 1. The zero-order valence-corrected chi connectivity index (χ0v) is 19.6. The molecule has 4 aliphatic carbocycles. The minimum atomic E-state index is -0.664. The van der Waals surface area contributed by atoms with Crippen molar-refractivity contribution in [2.75, 3.05) is 0 Å². The standard InChI is InChI=1S/C27H40N2O2/c1-25-11-9-20(30)16-18(25)4-5-21-22-6-7-24(26(22,2)12-10-23(21)25)27(3,31)13-8-19-17-28-14-15-29-19/h4,14-15,17,20-24,30-31H,5-13,16H2,1-3H3/t20-,21-,22-,23-,24-,25-,26-,27+/m0/s1. The summed E-state index contributed by atoms with van der Waals surface area (Å²) in [5.74, 6) is 2.56. The zero-order chi connectivity index (χ0) is 21.9. The van der Waals surface area contributed by atoms with Crippen LogP contribution >= 0.6 is 0 Å². The SMILES string of the molecule is C[C@]12CC[C@H]3[C@@H](CC=C4C[C@@H](O)CC[C@@]43C)[C@@H]1CC[C@@H]2[C@](C)(O)CCc1cnccn1. The molecular weight excluding hydrogens is 384 g/mol. The molecule has 4 heteroatoms. The third-order valence-corrected chi connectivity index (χ3v) is 10.3. The highest BCUT2D eigenvalue weighted by Gasteiger charge is 2.61. The predicted molar refractivity (Wildman–Crippen MR) is 122 cm³/mol. The minimum Gasteiger partial charge on any atom is -0.393 e. The second-order valence-corrected chi connectivity index (χ2v) is 11.9. The molecule has 0 amide bonds. The van der Waals surface area contributed by atoms with Gasteiger partial charge in [0.1, 0.15) is 0 Å². The number of aliphatic hydroxyl groups is 2. The molecule has 4 nitrogen and oxygen atoms in total. The highest BCUT2D eigenvalue weighted by atomic mass is 16.3. The Bertz CT molecular complexity index is 837. The summed E-state index contributed by atoms with van der Waals surface area (Å²) < 4.78 is 0. The van der Waals surface area contributed by atoms with Crippen molar-refractivity contribution in [2.24, 2.45) is 34.5 Å². The Labute approximate surface area is 187 Å². The second kappa shape index (κ2) is 7.66. The number of fused-ring (bicyclic) bond motifs is 5. The average Bonchev–Trinajstić information content (AvgIpc) is 3.12. The van der Waals surface area contributed by atoms with Crippen LogP contribution in [0.15, 0.2) is 30.2 Å². The molecule has 31 heavy (non-hydrogen) atoms. The lowest BCUT2D eigenvalue weighted by Crippen LogP contribution is -2.53. The molecule has 0 saturated heterocycles. The van der Waals surface area contributed by atoms with Gasteiger partial charge < -0.3 is 10.2 Å². The van der Waals surface area contributed by atoms with Crippen molar-refractivity contribution in [1.82, 2.24) is 9.97 Å². The maximum absolute atomic E-state index is 11.7. The normalized spacial score (nSPS) is 43.9. The number of aromatic nitrogens is 2. The number of aryl methyl sites for hydroxylation is 1. The van der Waals surface area contributed by atoms with Crippen molar-refractivity contribution in [2.45, 2.75) is 96.7 Å². The van der Waals surface area contributed by atoms with Gasteiger partial charge >= 0.3 is 0 Å². The van der Waals surface area contributed by atoms with Gasteiger partial charge in [0.15, 0.2) is 0 Å². The van der Waals surface area contributed by atoms with Crippen LogP contribution in [0.4, 0.5) is 0 Å². The number of hydrogen-bond donors (Lipinski definition) is 2. The van der Waals surface area contributed by atoms with E-state index in [-0.39, 0.29) is 16.9 Å². The van der Waals surface area contributed by atoms with Gasteiger partial charge in [-0.05, 0) is 106 Å². The first-order chi connectivity index (χ1) is 14.7. The number of nitrogens with zero attached hydrogens (tertiary/aromatic N) is 2. The molecule has 8 atom stereocenters. The van der Waals surface area contributed by atoms with Gasteiger partial charge in [-0.3, -0.25) is 9.97 Å². The van der Waals surface area contributed by atoms with Gasteiger partial charge in [0.2, 0.25) is 0 Å². The summed E-state index contributed by atoms with van der Waals surface area (Å²) in [7, 11) is 0. The lowest BCUT2D eigenvalue weighted by molar-refractivity contribution is -0.104. The van der Waals surface area contributed by atoms with Crippen LogP contribution in [0, 0.1) is 34.5 Å². The lowest BCUT2D eigenvalue weighted by atomic mass is 9.46. The molecule has 0 aromatic carbocycles. The van der Waals surface area contributed by atoms with Crippen molar-refractivity contribution < 1.29 is 10.2 Å². The van der Waals surface area contributed by atoms with Crippen molar-refractivity contribution in [3.63, 3.8) is 0 Å². The number of allylic oxidation sites excluding steroid dienone is 1. The monoisotopic (exact) mass is 424 g/mol. The van der Waals surface area contributed by atoms with E-state index >= 15 is 0 Å². The lowest BCUT2D eigenvalue weighted by Gasteiger charge is -2.59. The molecule has 1 heterocycles. The van der Waals surface area contributed by atoms with Crippen LogP contribution in [0.5, 0.6) is 0 Å². The first-order valence-electron chi connectivity index (χ1n) is 12.6. The molecular formula is C27H40N2O2. The molecule has 0 radical (unpaired) electrons. The van der Waals surface area contributed by atoms with Gasteiger partial charge in [0.05, 0.1) is 17.4 Å². The molecule has 0 aliphatic heterocycles. The van der Waals surface area contributed by atoms with E-state index in [0.29, 0.717) is 11.8 Å². The molecule has 1 aromatic heterocycles. The van der Waals surface area contributed by atoms with Crippen LogP contribution in [0.1, 0.15) is 84.3 Å². The highest BCUT2D eigenvalue weighted by Crippen LogP contribution is 2.67. The van der Waals surface area contributed by atoms with E-state index in [1.165, 1.54) is 25.7 Å². The van der Waals surface area contributed by atoms with Crippen LogP contribution < -0.4 is 0 Å². The topological polar surface area (TPSA) is 66.2 Å². The molecule has 2 N–H and O–H groups in total. The van der Waals surface area contributed by atoms with E-state index in [1.54, 1.807) is 18.0 Å². The van der Waals surface area contributed by atoms with Crippen LogP contribution in [0.25, 0.3) is 0 Å². The number of rotatable bonds is 4. The zero-order valence-electron chi connectivity index (χ0n) is 19.6. The van der Waals surface area contributed by atoms with Crippen LogP contribution in [-0.4, -0.2) is 31.9 Å². The van der Waals surface area contributed by atoms with Crippen LogP contribution in [0.3, 0.4) is 0 Å². The van der Waals surface area contributed by atoms with Crippen LogP contribution in [-0.2, 0) is 6.42 Å². The Morgan fingerprint density at radius 2 is 1.94 bits per heavy atom. The summed E-state index contributed by atoms with van der Waals surface area (Å²) in [6.07, 6.45) is 18.3. The first-order valence-corrected chi connectivity index (χ1v) is 12.6. The Hall–Kier alpha value is -1.26. The van der Waals surface area contributed by atoms with E-state index in [0.717, 1.165) is 56.1 Å². The molecule has 3 saturated carbocycles. The van der Waals surface area contributed by atoms with Crippen molar-refractivity contribution in [1.29, 1.82) is 0 Å². The maximum Gasteiger partial charge on any atom is 0.0656 e. The second-order valence-electron chi connectivity index (χ2n) is 11.9. The summed E-state index contributed by atoms with van der Waals surface area (Å²) in [4.78, 5) is 8.60. The van der Waals surface area contributed by atoms with Crippen molar-refractivity contribution in [3.8, 4) is 0 Å². The van der Waals surface area contributed by atoms with Crippen LogP contribution in [0.2, 0.25) is 0 Å². The van der Waals surface area contributed by atoms with Gasteiger partial charge in [-0.2, -0.15) is 0 Å². The first kappa shape index (κ1) is 21.6. The maximum atomic E-state index is 11.7. The third-order valence-electron chi connectivity index (χ3n) is 10.3. The smallest absolute Gasteiger partial charge is 0.0656 e. The summed E-state index contributed by atoms with van der Waals surface area (Å²) >= 11 is 0. The molecule has 170 valence electrons. The molecule has 0 bridgehead atoms. The summed E-state index contributed by atoms with van der Waals surface area (Å²) in [5, 5.41) is 21.9. The van der Waals surface area contributed by atoms with Gasteiger partial charge in [-0.25, -0.2) is 0 Å². The van der Waals surface area contributed by atoms with E-state index in [9.17, 15) is 10.2 Å². The predicted octanol–water partition coefficient (Wildman–Crippen LogP) is 5.10. The Balaban J connectivity index is 1.35. The average molecular weight is 425 g/mol. The van der Waals surface area contributed by atoms with Gasteiger partial charge in [0, 0.05) is 18.6 Å². The molecule has 0 spiro atoms. The molecule has 4 aliphatic rings. The van der Waals surface area contributed by atoms with Gasteiger partial charge in [-0.15, -0.1) is 0 Å². The van der Waals surface area contributed by atoms with Crippen molar-refractivity contribution in [3.05, 3.63) is 35.9 Å². The highest BCUT2D eigenvalue weighted by molar-refractivity contribution is 5.25. The number of hydrogen-bond acceptors (Lipinski definition) is 4. The fraction of sp³-hybridized carbons (Fsp3) is 0.778. The molecule has 0 unspecified atom stereocenters. The van der Waals surface area contributed by atoms with E-state index < -0.39 is 5.60 Å². The van der Waals surface area contributed by atoms with E-state index in [4.69, 9.17) is 0 Å². The summed E-state index contributed by atoms with van der Waals surface area (Å²) in [5.41, 5.74) is 2.37. The molecule has 3 fully saturated rings. The van der Waals surface area contributed by atoms with E-state index in [2.05, 4.69) is 36.8 Å². The quantitative estimate of drug-likeness (QED) is 0.660. The Morgan fingerprint density at radius 3 is 2.71 bits per heavy atom. The molecule has 1 aromatic rings. The molecule has 5 rings (SSSR count). The van der Waals surface area contributed by atoms with Gasteiger partial charge in [0.25, 0.3) is 0 Å². The third kappa shape index (κ3) is 3.49. The largest absolute Gasteiger partial charge is 0.393 e. The summed E-state index contributed by atoms with van der Waals surface area (Å²) in [6.45, 7) is 7.07. The van der Waals surface area contributed by atoms with E-state index in [1.807, 2.05) is 6.20 Å². The Morgan fingerprint density at radius 1 is 1.10 bits per heavy atom. The minimum absolute atomic E-state index is 0.134. The fourth-order valence-electron chi connectivity index (χ4n) is 8.68. The van der Waals surface area contributed by atoms with Gasteiger partial charge in [-0.1, -0.05) is 25.5 Å². The fourth-order valence-corrected chi connectivity index (χ4v) is 8.68. The summed E-state index contributed by atoms with van der Waals surface area (Å²) in [6, 6.07) is 0. The Kier molecular flexibility index (Phi) is 5.33.